The molecule has 0 radical (unpaired) electrons. The molecule has 0 bridgehead atoms. The van der Waals surface area contributed by atoms with Crippen LogP contribution in [0.2, 0.25) is 0 Å². The normalized spacial score (nSPS) is 10.7. The van der Waals surface area contributed by atoms with Crippen molar-refractivity contribution in [1.82, 2.24) is 4.98 Å². The second kappa shape index (κ2) is 3.54. The lowest BCUT2D eigenvalue weighted by atomic mass is 10.5. The number of thiol groups is 1. The average Bonchev–Trinajstić information content (AvgIpc) is 1.88. The quantitative estimate of drug-likeness (QED) is 0.550. The molecule has 0 saturated heterocycles. The molecule has 0 fully saturated rings. The summed E-state index contributed by atoms with van der Waals surface area (Å²) in [6, 6.07) is 5.11. The monoisotopic (exact) mass is 174 g/mol. The zero-order valence-corrected chi connectivity index (χ0v) is 6.76. The molecule has 52 valence electrons. The van der Waals surface area contributed by atoms with E-state index >= 15 is 0 Å². The number of hydrogen-bond donors (Lipinski definition) is 1. The summed E-state index contributed by atoms with van der Waals surface area (Å²) in [6.45, 7) is 0. The first-order chi connectivity index (χ1) is 4.79. The minimum atomic E-state index is -1.89. The molecule has 1 aromatic rings. The predicted molar refractivity (Wildman–Crippen MR) is 41.5 cm³/mol. The van der Waals surface area contributed by atoms with Crippen LogP contribution >= 0.6 is 19.5 Å². The molecule has 1 heterocycles. The number of rotatable bonds is 2. The van der Waals surface area contributed by atoms with E-state index in [4.69, 9.17) is 0 Å². The summed E-state index contributed by atoms with van der Waals surface area (Å²) in [7, 11) is -1.89. The van der Waals surface area contributed by atoms with Gasteiger partial charge in [-0.15, -0.1) is 0 Å². The molecule has 0 aromatic carbocycles. The van der Waals surface area contributed by atoms with Crippen molar-refractivity contribution in [3.05, 3.63) is 24.4 Å². The van der Waals surface area contributed by atoms with Crippen molar-refractivity contribution >= 4 is 19.5 Å². The Balaban J connectivity index is 2.67. The molecule has 1 unspecified atom stereocenters. The maximum Gasteiger partial charge on any atom is 0.633 e. The number of pyridine rings is 1. The third-order valence-electron chi connectivity index (χ3n) is 0.809. The SMILES string of the molecule is O=[P+](S)Oc1ccccn1. The lowest BCUT2D eigenvalue weighted by Crippen LogP contribution is -1.79. The fourth-order valence-electron chi connectivity index (χ4n) is 0.481. The van der Waals surface area contributed by atoms with Gasteiger partial charge >= 0.3 is 7.23 Å². The first kappa shape index (κ1) is 7.51. The van der Waals surface area contributed by atoms with E-state index in [-0.39, 0.29) is 0 Å². The summed E-state index contributed by atoms with van der Waals surface area (Å²) < 4.78 is 15.0. The van der Waals surface area contributed by atoms with E-state index in [9.17, 15) is 4.57 Å². The summed E-state index contributed by atoms with van der Waals surface area (Å²) in [4.78, 5) is 3.76. The van der Waals surface area contributed by atoms with Crippen LogP contribution < -0.4 is 4.52 Å². The zero-order valence-electron chi connectivity index (χ0n) is 4.97. The molecule has 0 spiro atoms. The highest BCUT2D eigenvalue weighted by Crippen LogP contribution is 2.28. The van der Waals surface area contributed by atoms with Crippen molar-refractivity contribution in [1.29, 1.82) is 0 Å². The Kier molecular flexibility index (Phi) is 2.66. The van der Waals surface area contributed by atoms with Gasteiger partial charge in [-0.1, -0.05) is 6.07 Å². The van der Waals surface area contributed by atoms with Crippen LogP contribution in [0.3, 0.4) is 0 Å². The van der Waals surface area contributed by atoms with Gasteiger partial charge in [-0.2, -0.15) is 0 Å². The molecular formula is C5H5NO2PS+. The number of aromatic nitrogens is 1. The van der Waals surface area contributed by atoms with Gasteiger partial charge in [0.15, 0.2) is 12.2 Å². The maximum absolute atomic E-state index is 10.4. The molecule has 0 N–H and O–H groups in total. The van der Waals surface area contributed by atoms with Gasteiger partial charge in [0, 0.05) is 12.3 Å². The Labute approximate surface area is 64.5 Å². The molecule has 3 nitrogen and oxygen atoms in total. The standard InChI is InChI=1S/C5H4NO2PS/c7-9(10)8-5-3-1-2-4-6-5/h1-4H/p+1. The van der Waals surface area contributed by atoms with Gasteiger partial charge in [-0.05, 0) is 10.6 Å². The maximum atomic E-state index is 10.4. The van der Waals surface area contributed by atoms with Gasteiger partial charge in [-0.3, -0.25) is 0 Å². The molecule has 1 rings (SSSR count). The van der Waals surface area contributed by atoms with Gasteiger partial charge in [0.1, 0.15) is 0 Å². The number of nitrogens with zero attached hydrogens (tertiary/aromatic N) is 1. The van der Waals surface area contributed by atoms with Crippen LogP contribution in [0, 0.1) is 0 Å². The summed E-state index contributed by atoms with van der Waals surface area (Å²) in [6.07, 6.45) is 1.56. The van der Waals surface area contributed by atoms with Crippen LogP contribution in [0.25, 0.3) is 0 Å². The molecular weight excluding hydrogens is 169 g/mol. The van der Waals surface area contributed by atoms with Crippen molar-refractivity contribution < 1.29 is 9.09 Å². The predicted octanol–water partition coefficient (Wildman–Crippen LogP) is 2.05. The van der Waals surface area contributed by atoms with E-state index in [1.165, 1.54) is 0 Å². The minimum Gasteiger partial charge on any atom is -0.224 e. The summed E-state index contributed by atoms with van der Waals surface area (Å²) in [5.74, 6) is 0.332. The summed E-state index contributed by atoms with van der Waals surface area (Å²) in [5.41, 5.74) is 0. The highest BCUT2D eigenvalue weighted by Gasteiger charge is 2.11. The van der Waals surface area contributed by atoms with E-state index in [1.54, 1.807) is 24.4 Å². The van der Waals surface area contributed by atoms with Gasteiger partial charge in [-0.25, -0.2) is 9.51 Å². The first-order valence-corrected chi connectivity index (χ1v) is 4.87. The largest absolute Gasteiger partial charge is 0.633 e. The van der Waals surface area contributed by atoms with Crippen LogP contribution in [0.15, 0.2) is 24.4 Å². The fraction of sp³-hybridized carbons (Fsp3) is 0. The van der Waals surface area contributed by atoms with Gasteiger partial charge in [0.25, 0.3) is 5.88 Å². The van der Waals surface area contributed by atoms with E-state index < -0.39 is 7.23 Å². The average molecular weight is 174 g/mol. The van der Waals surface area contributed by atoms with Crippen molar-refractivity contribution in [3.8, 4) is 5.88 Å². The smallest absolute Gasteiger partial charge is 0.224 e. The third kappa shape index (κ3) is 2.33. The fourth-order valence-corrected chi connectivity index (χ4v) is 1.00. The van der Waals surface area contributed by atoms with Crippen LogP contribution in [0.4, 0.5) is 0 Å². The van der Waals surface area contributed by atoms with Gasteiger partial charge in [0.2, 0.25) is 0 Å². The summed E-state index contributed by atoms with van der Waals surface area (Å²) in [5, 5.41) is 0. The zero-order chi connectivity index (χ0) is 7.40. The van der Waals surface area contributed by atoms with Crippen LogP contribution in [-0.4, -0.2) is 4.98 Å². The van der Waals surface area contributed by atoms with Crippen LogP contribution in [0.1, 0.15) is 0 Å². The van der Waals surface area contributed by atoms with Crippen molar-refractivity contribution in [3.63, 3.8) is 0 Å². The third-order valence-corrected chi connectivity index (χ3v) is 1.40. The Morgan fingerprint density at radius 1 is 1.60 bits per heavy atom. The van der Waals surface area contributed by atoms with Crippen molar-refractivity contribution in [2.24, 2.45) is 0 Å². The molecule has 0 saturated carbocycles. The Hall–Kier alpha value is -0.600. The van der Waals surface area contributed by atoms with Crippen LogP contribution in [-0.2, 0) is 4.57 Å². The lowest BCUT2D eigenvalue weighted by molar-refractivity contribution is 0.510. The van der Waals surface area contributed by atoms with Gasteiger partial charge < -0.3 is 0 Å². The second-order valence-electron chi connectivity index (χ2n) is 1.50. The molecule has 1 aromatic heterocycles. The summed E-state index contributed by atoms with van der Waals surface area (Å²) >= 11 is 3.56. The molecule has 0 aliphatic heterocycles. The minimum absolute atomic E-state index is 0.332. The van der Waals surface area contributed by atoms with E-state index in [2.05, 4.69) is 21.8 Å². The second-order valence-corrected chi connectivity index (χ2v) is 3.14. The highest BCUT2D eigenvalue weighted by atomic mass is 32.7. The van der Waals surface area contributed by atoms with E-state index in [0.29, 0.717) is 5.88 Å². The Morgan fingerprint density at radius 3 is 2.90 bits per heavy atom. The molecule has 0 aliphatic rings. The Morgan fingerprint density at radius 2 is 2.40 bits per heavy atom. The Bertz CT molecular complexity index is 228. The van der Waals surface area contributed by atoms with E-state index in [1.807, 2.05) is 0 Å². The van der Waals surface area contributed by atoms with E-state index in [0.717, 1.165) is 0 Å². The molecule has 10 heavy (non-hydrogen) atoms. The lowest BCUT2D eigenvalue weighted by Gasteiger charge is -1.85. The first-order valence-electron chi connectivity index (χ1n) is 2.54. The topological polar surface area (TPSA) is 39.2 Å². The molecule has 0 aliphatic carbocycles. The van der Waals surface area contributed by atoms with Crippen LogP contribution in [0.5, 0.6) is 5.88 Å². The van der Waals surface area contributed by atoms with Crippen molar-refractivity contribution in [2.45, 2.75) is 0 Å². The number of hydrogen-bond acceptors (Lipinski definition) is 3. The van der Waals surface area contributed by atoms with Gasteiger partial charge in [0.05, 0.1) is 0 Å². The molecule has 5 heteroatoms. The molecule has 1 atom stereocenters. The molecule has 0 amide bonds. The van der Waals surface area contributed by atoms with Crippen molar-refractivity contribution in [2.75, 3.05) is 0 Å². The highest BCUT2D eigenvalue weighted by molar-refractivity contribution is 8.39.